The Kier molecular flexibility index (Phi) is 4.14. The van der Waals surface area contributed by atoms with Gasteiger partial charge in [0.2, 0.25) is 0 Å². The quantitative estimate of drug-likeness (QED) is 0.696. The van der Waals surface area contributed by atoms with Gasteiger partial charge in [-0.2, -0.15) is 0 Å². The normalized spacial score (nSPS) is 10.6. The summed E-state index contributed by atoms with van der Waals surface area (Å²) in [7, 11) is 4.02. The van der Waals surface area contributed by atoms with Gasteiger partial charge in [0.1, 0.15) is 17.3 Å². The van der Waals surface area contributed by atoms with Gasteiger partial charge in [0.25, 0.3) is 0 Å². The van der Waals surface area contributed by atoms with E-state index in [1.165, 1.54) is 0 Å². The Morgan fingerprint density at radius 2 is 1.50 bits per heavy atom. The van der Waals surface area contributed by atoms with Crippen LogP contribution >= 0.6 is 0 Å². The molecule has 3 rings (SSSR count). The van der Waals surface area contributed by atoms with Crippen LogP contribution in [0.2, 0.25) is 0 Å². The van der Waals surface area contributed by atoms with Crippen LogP contribution in [0, 0.1) is 0 Å². The molecule has 0 fully saturated rings. The van der Waals surface area contributed by atoms with Gasteiger partial charge in [-0.15, -0.1) is 0 Å². The van der Waals surface area contributed by atoms with Crippen LogP contribution in [0.5, 0.6) is 0 Å². The van der Waals surface area contributed by atoms with Gasteiger partial charge in [0.05, 0.1) is 37.5 Å². The first-order valence-corrected chi connectivity index (χ1v) is 7.15. The minimum atomic E-state index is 0.696. The maximum absolute atomic E-state index is 5.37. The molecular weight excluding hydrogens is 278 g/mol. The minimum absolute atomic E-state index is 0.696. The van der Waals surface area contributed by atoms with Crippen molar-refractivity contribution in [3.05, 3.63) is 66.6 Å². The highest BCUT2D eigenvalue weighted by molar-refractivity contribution is 5.49. The van der Waals surface area contributed by atoms with E-state index in [9.17, 15) is 0 Å². The SMILES string of the molecule is CN(Cc1ccco1)c1ccc(N(C)Cc2ccco2)nc1. The summed E-state index contributed by atoms with van der Waals surface area (Å²) in [4.78, 5) is 8.67. The summed E-state index contributed by atoms with van der Waals surface area (Å²) >= 11 is 0. The second-order valence-corrected chi connectivity index (χ2v) is 5.25. The average Bonchev–Trinajstić information content (AvgIpc) is 3.21. The fourth-order valence-corrected chi connectivity index (χ4v) is 2.27. The highest BCUT2D eigenvalue weighted by Gasteiger charge is 2.08. The third-order valence-electron chi connectivity index (χ3n) is 3.51. The Labute approximate surface area is 129 Å². The van der Waals surface area contributed by atoms with E-state index in [1.807, 2.05) is 50.6 Å². The van der Waals surface area contributed by atoms with Gasteiger partial charge < -0.3 is 18.6 Å². The topological polar surface area (TPSA) is 45.7 Å². The van der Waals surface area contributed by atoms with Gasteiger partial charge in [0.15, 0.2) is 0 Å². The molecule has 0 atom stereocenters. The fourth-order valence-electron chi connectivity index (χ4n) is 2.27. The Morgan fingerprint density at radius 1 is 0.864 bits per heavy atom. The number of hydrogen-bond acceptors (Lipinski definition) is 5. The van der Waals surface area contributed by atoms with E-state index in [4.69, 9.17) is 8.83 Å². The Balaban J connectivity index is 1.64. The third kappa shape index (κ3) is 3.31. The van der Waals surface area contributed by atoms with Crippen molar-refractivity contribution < 1.29 is 8.83 Å². The highest BCUT2D eigenvalue weighted by atomic mass is 16.3. The molecule has 3 aromatic rings. The molecule has 0 aliphatic rings. The smallest absolute Gasteiger partial charge is 0.128 e. The molecule has 0 radical (unpaired) electrons. The Hall–Kier alpha value is -2.69. The molecule has 0 saturated heterocycles. The third-order valence-corrected chi connectivity index (χ3v) is 3.51. The van der Waals surface area contributed by atoms with Gasteiger partial charge in [-0.1, -0.05) is 0 Å². The molecule has 3 aromatic heterocycles. The second kappa shape index (κ2) is 6.39. The van der Waals surface area contributed by atoms with Crippen molar-refractivity contribution in [2.24, 2.45) is 0 Å². The molecule has 0 bridgehead atoms. The number of anilines is 2. The lowest BCUT2D eigenvalue weighted by molar-refractivity contribution is 0.506. The van der Waals surface area contributed by atoms with Crippen molar-refractivity contribution in [2.75, 3.05) is 23.9 Å². The zero-order valence-electron chi connectivity index (χ0n) is 12.8. The molecule has 114 valence electrons. The van der Waals surface area contributed by atoms with Crippen LogP contribution in [-0.2, 0) is 13.1 Å². The van der Waals surface area contributed by atoms with Crippen LogP contribution in [0.25, 0.3) is 0 Å². The molecule has 0 N–H and O–H groups in total. The van der Waals surface area contributed by atoms with Gasteiger partial charge in [-0.3, -0.25) is 0 Å². The van der Waals surface area contributed by atoms with E-state index in [0.717, 1.165) is 29.6 Å². The first-order valence-electron chi connectivity index (χ1n) is 7.15. The van der Waals surface area contributed by atoms with Crippen LogP contribution < -0.4 is 9.80 Å². The van der Waals surface area contributed by atoms with Crippen LogP contribution in [0.15, 0.2) is 64.0 Å². The van der Waals surface area contributed by atoms with Crippen molar-refractivity contribution in [1.29, 1.82) is 0 Å². The van der Waals surface area contributed by atoms with E-state index in [2.05, 4.69) is 20.9 Å². The summed E-state index contributed by atoms with van der Waals surface area (Å²) in [5, 5.41) is 0. The first kappa shape index (κ1) is 14.3. The van der Waals surface area contributed by atoms with E-state index in [0.29, 0.717) is 6.54 Å². The van der Waals surface area contributed by atoms with Crippen LogP contribution in [-0.4, -0.2) is 19.1 Å². The summed E-state index contributed by atoms with van der Waals surface area (Å²) in [5.41, 5.74) is 1.05. The van der Waals surface area contributed by atoms with Gasteiger partial charge in [-0.25, -0.2) is 4.98 Å². The first-order chi connectivity index (χ1) is 10.7. The van der Waals surface area contributed by atoms with E-state index in [1.54, 1.807) is 12.5 Å². The molecule has 5 nitrogen and oxygen atoms in total. The number of rotatable bonds is 6. The summed E-state index contributed by atoms with van der Waals surface area (Å²) in [6, 6.07) is 11.8. The lowest BCUT2D eigenvalue weighted by Crippen LogP contribution is -2.19. The Morgan fingerprint density at radius 3 is 2.00 bits per heavy atom. The highest BCUT2D eigenvalue weighted by Crippen LogP contribution is 2.19. The summed E-state index contributed by atoms with van der Waals surface area (Å²) in [6.45, 7) is 1.41. The minimum Gasteiger partial charge on any atom is -0.467 e. The van der Waals surface area contributed by atoms with Crippen molar-refractivity contribution in [3.63, 3.8) is 0 Å². The molecule has 0 aliphatic carbocycles. The van der Waals surface area contributed by atoms with Crippen molar-refractivity contribution in [3.8, 4) is 0 Å². The maximum Gasteiger partial charge on any atom is 0.128 e. The van der Waals surface area contributed by atoms with E-state index in [-0.39, 0.29) is 0 Å². The largest absolute Gasteiger partial charge is 0.467 e. The molecule has 0 saturated carbocycles. The average molecular weight is 297 g/mol. The summed E-state index contributed by atoms with van der Waals surface area (Å²) < 4.78 is 10.7. The van der Waals surface area contributed by atoms with Crippen molar-refractivity contribution in [1.82, 2.24) is 4.98 Å². The standard InChI is InChI=1S/C17H19N3O2/c1-19(12-15-5-3-9-21-15)14-7-8-17(18-11-14)20(2)13-16-6-4-10-22-16/h3-11H,12-13H2,1-2H3. The van der Waals surface area contributed by atoms with Gasteiger partial charge >= 0.3 is 0 Å². The number of aromatic nitrogens is 1. The number of furan rings is 2. The van der Waals surface area contributed by atoms with E-state index < -0.39 is 0 Å². The molecule has 5 heteroatoms. The Bertz CT molecular complexity index is 614. The zero-order valence-corrected chi connectivity index (χ0v) is 12.8. The zero-order chi connectivity index (χ0) is 15.4. The molecule has 0 aliphatic heterocycles. The van der Waals surface area contributed by atoms with E-state index >= 15 is 0 Å². The maximum atomic E-state index is 5.37. The van der Waals surface area contributed by atoms with Crippen molar-refractivity contribution >= 4 is 11.5 Å². The number of nitrogens with zero attached hydrogens (tertiary/aromatic N) is 3. The summed E-state index contributed by atoms with van der Waals surface area (Å²) in [5.74, 6) is 2.76. The molecule has 0 amide bonds. The van der Waals surface area contributed by atoms with Crippen molar-refractivity contribution in [2.45, 2.75) is 13.1 Å². The summed E-state index contributed by atoms with van der Waals surface area (Å²) in [6.07, 6.45) is 5.24. The lowest BCUT2D eigenvalue weighted by Gasteiger charge is -2.20. The second-order valence-electron chi connectivity index (χ2n) is 5.25. The predicted molar refractivity (Wildman–Crippen MR) is 85.9 cm³/mol. The monoisotopic (exact) mass is 297 g/mol. The number of pyridine rings is 1. The predicted octanol–water partition coefficient (Wildman–Crippen LogP) is 3.54. The molecular formula is C17H19N3O2. The fraction of sp³-hybridized carbons (Fsp3) is 0.235. The molecule has 3 heterocycles. The van der Waals surface area contributed by atoms with Crippen LogP contribution in [0.1, 0.15) is 11.5 Å². The lowest BCUT2D eigenvalue weighted by atomic mass is 10.3. The number of hydrogen-bond donors (Lipinski definition) is 0. The van der Waals surface area contributed by atoms with Crippen LogP contribution in [0.3, 0.4) is 0 Å². The van der Waals surface area contributed by atoms with Gasteiger partial charge in [0, 0.05) is 14.1 Å². The molecule has 0 spiro atoms. The van der Waals surface area contributed by atoms with Crippen LogP contribution in [0.4, 0.5) is 11.5 Å². The molecule has 0 unspecified atom stereocenters. The van der Waals surface area contributed by atoms with Gasteiger partial charge in [-0.05, 0) is 36.4 Å². The molecule has 0 aromatic carbocycles. The molecule has 22 heavy (non-hydrogen) atoms.